The van der Waals surface area contributed by atoms with Gasteiger partial charge in [0.15, 0.2) is 0 Å². The molecule has 0 heterocycles. The van der Waals surface area contributed by atoms with Crippen LogP contribution in [0.3, 0.4) is 0 Å². The Hall–Kier alpha value is -1.84. The van der Waals surface area contributed by atoms with E-state index < -0.39 is 0 Å². The van der Waals surface area contributed by atoms with Crippen molar-refractivity contribution < 1.29 is 9.59 Å². The first-order chi connectivity index (χ1) is 35.3. The monoisotopic (exact) mass is 1000 g/mol. The summed E-state index contributed by atoms with van der Waals surface area (Å²) in [6, 6.07) is 2.25. The Morgan fingerprint density at radius 1 is 0.306 bits per heavy atom. The molecule has 4 nitrogen and oxygen atoms in total. The van der Waals surface area contributed by atoms with Crippen molar-refractivity contribution in [2.75, 3.05) is 0 Å². The lowest BCUT2D eigenvalue weighted by atomic mass is 9.77. The van der Waals surface area contributed by atoms with Gasteiger partial charge in [-0.1, -0.05) is 350 Å². The molecule has 0 saturated carbocycles. The fourth-order valence-corrected chi connectivity index (χ4v) is 12.2. The van der Waals surface area contributed by atoms with Gasteiger partial charge < -0.3 is 11.5 Å². The average Bonchev–Trinajstić information content (AvgIpc) is 3.36. The second-order valence-corrected chi connectivity index (χ2v) is 23.8. The van der Waals surface area contributed by atoms with Gasteiger partial charge in [0.25, 0.3) is 0 Å². The van der Waals surface area contributed by atoms with E-state index in [9.17, 15) is 9.59 Å². The maximum Gasteiger partial charge on any atom is 0.249 e. The minimum atomic E-state index is -0.371. The Morgan fingerprint density at radius 3 is 0.764 bits per heavy atom. The van der Waals surface area contributed by atoms with Crippen molar-refractivity contribution in [3.63, 3.8) is 0 Å². The van der Waals surface area contributed by atoms with Crippen molar-refractivity contribution in [2.24, 2.45) is 29.2 Å². The van der Waals surface area contributed by atoms with Gasteiger partial charge >= 0.3 is 0 Å². The second-order valence-electron chi connectivity index (χ2n) is 23.8. The highest BCUT2D eigenvalue weighted by Gasteiger charge is 2.28. The summed E-state index contributed by atoms with van der Waals surface area (Å²) >= 11 is 0. The summed E-state index contributed by atoms with van der Waals surface area (Å²) in [7, 11) is 0. The van der Waals surface area contributed by atoms with Crippen LogP contribution in [0.4, 0.5) is 0 Å². The normalized spacial score (nSPS) is 13.0. The van der Waals surface area contributed by atoms with E-state index in [1.54, 1.807) is 0 Å². The van der Waals surface area contributed by atoms with E-state index in [4.69, 9.17) is 11.5 Å². The third-order valence-electron chi connectivity index (χ3n) is 16.9. The highest BCUT2D eigenvalue weighted by Crippen LogP contribution is 2.36. The van der Waals surface area contributed by atoms with Crippen molar-refractivity contribution in [2.45, 2.75) is 369 Å². The molecule has 0 bridgehead atoms. The Bertz CT molecular complexity index is 1370. The molecule has 422 valence electrons. The highest BCUT2D eigenvalue weighted by atomic mass is 16.1. The first kappa shape index (κ1) is 68.2. The molecule has 4 heteroatoms. The van der Waals surface area contributed by atoms with Gasteiger partial charge in [0.2, 0.25) is 11.8 Å². The molecule has 0 spiro atoms. The average molecular weight is 1010 g/mol. The zero-order chi connectivity index (χ0) is 52.5. The summed E-state index contributed by atoms with van der Waals surface area (Å²) in [5.41, 5.74) is 17.9. The number of hydrogen-bond acceptors (Lipinski definition) is 2. The number of nitrogens with two attached hydrogens (primary N) is 2. The zero-order valence-electron chi connectivity index (χ0n) is 49.8. The van der Waals surface area contributed by atoms with E-state index in [0.717, 1.165) is 37.7 Å². The molecule has 2 amide bonds. The predicted molar refractivity (Wildman–Crippen MR) is 321 cm³/mol. The van der Waals surface area contributed by atoms with Crippen molar-refractivity contribution in [3.8, 4) is 0 Å². The van der Waals surface area contributed by atoms with E-state index in [1.807, 2.05) is 0 Å². The molecule has 1 rings (SSSR count). The van der Waals surface area contributed by atoms with Crippen molar-refractivity contribution >= 4 is 11.8 Å². The van der Waals surface area contributed by atoms with Crippen LogP contribution in [0.15, 0.2) is 6.07 Å². The number of rotatable bonds is 56. The van der Waals surface area contributed by atoms with E-state index in [-0.39, 0.29) is 11.8 Å². The molecule has 0 fully saturated rings. The van der Waals surface area contributed by atoms with Gasteiger partial charge in [0.1, 0.15) is 0 Å². The lowest BCUT2D eigenvalue weighted by molar-refractivity contribution is 0.0997. The fourth-order valence-electron chi connectivity index (χ4n) is 12.2. The maximum atomic E-state index is 14.5. The third kappa shape index (κ3) is 36.2. The van der Waals surface area contributed by atoms with Gasteiger partial charge in [-0.15, -0.1) is 0 Å². The highest BCUT2D eigenvalue weighted by molar-refractivity contribution is 6.02. The minimum absolute atomic E-state index is 0.323. The molecule has 3 atom stereocenters. The maximum absolute atomic E-state index is 14.5. The molecule has 0 saturated heterocycles. The summed E-state index contributed by atoms with van der Waals surface area (Å²) in [6.45, 7) is 13.8. The van der Waals surface area contributed by atoms with Crippen molar-refractivity contribution in [1.29, 1.82) is 0 Å². The minimum Gasteiger partial charge on any atom is -0.366 e. The van der Waals surface area contributed by atoms with Crippen LogP contribution in [-0.2, 0) is 19.3 Å². The number of amides is 2. The fraction of sp³-hybridized carbons (Fsp3) is 0.882. The molecular weight excluding hydrogens is 877 g/mol. The molecule has 1 aromatic rings. The lowest BCUT2D eigenvalue weighted by Gasteiger charge is -2.28. The van der Waals surface area contributed by atoms with Gasteiger partial charge in [-0.05, 0) is 59.8 Å². The van der Waals surface area contributed by atoms with Gasteiger partial charge in [-0.25, -0.2) is 0 Å². The molecule has 72 heavy (non-hydrogen) atoms. The van der Waals surface area contributed by atoms with Gasteiger partial charge in [-0.2, -0.15) is 0 Å². The number of carbonyl (C=O) groups is 2. The summed E-state index contributed by atoms with van der Waals surface area (Å²) in [4.78, 5) is 28.4. The van der Waals surface area contributed by atoms with Crippen LogP contribution in [0, 0.1) is 17.8 Å². The van der Waals surface area contributed by atoms with Crippen LogP contribution in [-0.4, -0.2) is 11.8 Å². The van der Waals surface area contributed by atoms with E-state index >= 15 is 0 Å². The summed E-state index contributed by atoms with van der Waals surface area (Å²) in [5, 5.41) is 0. The second kappa shape index (κ2) is 50.0. The first-order valence-corrected chi connectivity index (χ1v) is 33.0. The van der Waals surface area contributed by atoms with E-state index in [2.05, 4.69) is 47.6 Å². The topological polar surface area (TPSA) is 86.2 Å². The number of primary amides is 2. The molecule has 3 unspecified atom stereocenters. The molecule has 0 aliphatic rings. The van der Waals surface area contributed by atoms with Crippen LogP contribution in [0.2, 0.25) is 0 Å². The van der Waals surface area contributed by atoms with Crippen LogP contribution in [0.1, 0.15) is 387 Å². The van der Waals surface area contributed by atoms with Crippen molar-refractivity contribution in [3.05, 3.63) is 33.9 Å². The zero-order valence-corrected chi connectivity index (χ0v) is 49.8. The standard InChI is InChI=1S/C68H128N2O2/c1-7-13-19-25-31-34-40-44-50-59(49-43-37-28-22-16-10-4)55-62-58-65(67(69)71)64(57-61(53-46-39-30-24-18-12-6)54-48-42-36-33-27-21-15-9-3)66(68(70)72)63(62)56-60(51-45-38-29-23-17-11-5)52-47-41-35-32-26-20-14-8-2/h58-61H,7-57H2,1-6H3,(H2,69,71)(H2,70,72). The molecule has 0 aliphatic carbocycles. The van der Waals surface area contributed by atoms with Gasteiger partial charge in [-0.3, -0.25) is 9.59 Å². The quantitative estimate of drug-likeness (QED) is 0.0637. The largest absolute Gasteiger partial charge is 0.366 e. The van der Waals surface area contributed by atoms with Crippen LogP contribution < -0.4 is 11.5 Å². The van der Waals surface area contributed by atoms with E-state index in [1.165, 1.54) is 306 Å². The Balaban J connectivity index is 3.83. The Kier molecular flexibility index (Phi) is 47.3. The summed E-state index contributed by atoms with van der Waals surface area (Å²) in [6.07, 6.45) is 64.9. The smallest absolute Gasteiger partial charge is 0.249 e. The first-order valence-electron chi connectivity index (χ1n) is 33.0. The van der Waals surface area contributed by atoms with Crippen LogP contribution in [0.25, 0.3) is 0 Å². The summed E-state index contributed by atoms with van der Waals surface area (Å²) in [5.74, 6) is 0.778. The van der Waals surface area contributed by atoms with E-state index in [0.29, 0.717) is 28.9 Å². The van der Waals surface area contributed by atoms with Crippen LogP contribution >= 0.6 is 0 Å². The molecule has 4 N–H and O–H groups in total. The number of carbonyl (C=O) groups excluding carboxylic acids is 2. The summed E-state index contributed by atoms with van der Waals surface area (Å²) < 4.78 is 0. The lowest BCUT2D eigenvalue weighted by Crippen LogP contribution is -2.26. The number of hydrogen-bond donors (Lipinski definition) is 2. The molecule has 0 aliphatic heterocycles. The molecule has 0 radical (unpaired) electrons. The molecular formula is C68H128N2O2. The SMILES string of the molecule is CCCCCCCCCCC(CCCCCCCC)Cc1cc(C(N)=O)c(CC(CCCCCCCC)CCCCCCCCCC)c(C(N)=O)c1CC(CCCCCCCC)CCCCCCCCCC. The Labute approximate surface area is 451 Å². The number of unbranched alkanes of at least 4 members (excludes halogenated alkanes) is 36. The predicted octanol–water partition coefficient (Wildman–Crippen LogP) is 22.2. The van der Waals surface area contributed by atoms with Crippen molar-refractivity contribution in [1.82, 2.24) is 0 Å². The van der Waals surface area contributed by atoms with Crippen LogP contribution in [0.5, 0.6) is 0 Å². The third-order valence-corrected chi connectivity index (χ3v) is 16.9. The molecule has 0 aromatic heterocycles. The van der Waals surface area contributed by atoms with Gasteiger partial charge in [0, 0.05) is 11.1 Å². The Morgan fingerprint density at radius 2 is 0.528 bits per heavy atom. The number of benzene rings is 1. The van der Waals surface area contributed by atoms with Gasteiger partial charge in [0.05, 0.1) is 0 Å². The molecule has 1 aromatic carbocycles.